The molecule has 0 bridgehead atoms. The second-order valence-electron chi connectivity index (χ2n) is 3.10. The Balaban J connectivity index is 2.55. The molecule has 0 aliphatic carbocycles. The Hall–Kier alpha value is -1.51. The minimum absolute atomic E-state index is 0.272. The van der Waals surface area contributed by atoms with Crippen LogP contribution in [0.25, 0.3) is 0 Å². The Labute approximate surface area is 89.3 Å². The van der Waals surface area contributed by atoms with Gasteiger partial charge in [0.1, 0.15) is 6.26 Å². The first kappa shape index (κ1) is 11.6. The maximum Gasteiger partial charge on any atom is 0.181 e. The van der Waals surface area contributed by atoms with Gasteiger partial charge in [-0.15, -0.1) is 0 Å². The van der Waals surface area contributed by atoms with Crippen LogP contribution in [0.1, 0.15) is 18.4 Å². The minimum atomic E-state index is -0.272. The molecule has 0 atom stereocenters. The molecule has 1 aromatic rings. The second-order valence-corrected chi connectivity index (χ2v) is 3.10. The van der Waals surface area contributed by atoms with Crippen LogP contribution in [0.15, 0.2) is 37.1 Å². The maximum atomic E-state index is 11.9. The molecule has 1 aromatic carbocycles. The van der Waals surface area contributed by atoms with E-state index in [2.05, 4.69) is 11.5 Å². The summed E-state index contributed by atoms with van der Waals surface area (Å²) in [5.41, 5.74) is 1.02. The highest BCUT2D eigenvalue weighted by Gasteiger charge is 2.03. The fraction of sp³-hybridized carbons (Fsp3) is 0.333. The van der Waals surface area contributed by atoms with Gasteiger partial charge in [0, 0.05) is 0 Å². The van der Waals surface area contributed by atoms with E-state index in [0.29, 0.717) is 12.2 Å². The summed E-state index contributed by atoms with van der Waals surface area (Å²) < 4.78 is 11.9. The first-order chi connectivity index (χ1) is 7.38. The average Bonchev–Trinajstić information content (AvgIpc) is 2.28. The van der Waals surface area contributed by atoms with E-state index in [1.54, 1.807) is 0 Å². The molecule has 3 heteroatoms. The van der Waals surface area contributed by atoms with E-state index in [0.717, 1.165) is 18.4 Å². The van der Waals surface area contributed by atoms with Gasteiger partial charge in [0.05, 0.1) is 6.67 Å². The lowest BCUT2D eigenvalue weighted by Crippen LogP contribution is -1.95. The van der Waals surface area contributed by atoms with E-state index in [-0.39, 0.29) is 6.67 Å². The summed E-state index contributed by atoms with van der Waals surface area (Å²) in [6, 6.07) is 7.54. The van der Waals surface area contributed by atoms with Gasteiger partial charge in [0.25, 0.3) is 0 Å². The molecule has 82 valence electrons. The molecule has 0 heterocycles. The number of para-hydroxylation sites is 1. The molecule has 0 N–H and O–H groups in total. The van der Waals surface area contributed by atoms with Crippen LogP contribution in [-0.4, -0.2) is 6.67 Å². The van der Waals surface area contributed by atoms with Crippen LogP contribution in [0.5, 0.6) is 5.75 Å². The molecule has 1 rings (SSSR count). The Morgan fingerprint density at radius 3 is 2.80 bits per heavy atom. The van der Waals surface area contributed by atoms with Crippen molar-refractivity contribution in [3.63, 3.8) is 0 Å². The summed E-state index contributed by atoms with van der Waals surface area (Å²) in [6.07, 6.45) is 3.40. The summed E-state index contributed by atoms with van der Waals surface area (Å²) in [4.78, 5) is 9.66. The number of unbranched alkanes of at least 4 members (excludes halogenated alkanes) is 1. The molecular formula is C12H15FO2. The molecule has 0 amide bonds. The molecule has 15 heavy (non-hydrogen) atoms. The highest BCUT2D eigenvalue weighted by Crippen LogP contribution is 2.20. The minimum Gasteiger partial charge on any atom is -0.299 e. The van der Waals surface area contributed by atoms with Gasteiger partial charge in [0.2, 0.25) is 0 Å². The monoisotopic (exact) mass is 210 g/mol. The predicted molar refractivity (Wildman–Crippen MR) is 57.3 cm³/mol. The van der Waals surface area contributed by atoms with Crippen molar-refractivity contribution in [1.82, 2.24) is 0 Å². The quantitative estimate of drug-likeness (QED) is 0.297. The number of rotatable bonds is 7. The average molecular weight is 210 g/mol. The van der Waals surface area contributed by atoms with E-state index < -0.39 is 0 Å². The third-order valence-electron chi connectivity index (χ3n) is 2.01. The zero-order chi connectivity index (χ0) is 10.9. The first-order valence-electron chi connectivity index (χ1n) is 4.96. The van der Waals surface area contributed by atoms with Crippen LogP contribution in [0, 0.1) is 0 Å². The van der Waals surface area contributed by atoms with Crippen LogP contribution in [0.2, 0.25) is 0 Å². The number of alkyl halides is 1. The van der Waals surface area contributed by atoms with Crippen molar-refractivity contribution >= 4 is 0 Å². The summed E-state index contributed by atoms with van der Waals surface area (Å²) in [5, 5.41) is 0. The largest absolute Gasteiger partial charge is 0.299 e. The van der Waals surface area contributed by atoms with Gasteiger partial charge in [-0.3, -0.25) is 14.2 Å². The fourth-order valence-electron chi connectivity index (χ4n) is 1.29. The summed E-state index contributed by atoms with van der Waals surface area (Å²) in [6.45, 7) is 3.11. The van der Waals surface area contributed by atoms with Crippen molar-refractivity contribution in [1.29, 1.82) is 0 Å². The lowest BCUT2D eigenvalue weighted by atomic mass is 10.1. The number of halogens is 1. The van der Waals surface area contributed by atoms with Crippen LogP contribution in [-0.2, 0) is 11.3 Å². The molecule has 0 saturated heterocycles. The number of aryl methyl sites for hydroxylation is 1. The molecule has 0 aliphatic heterocycles. The van der Waals surface area contributed by atoms with Crippen molar-refractivity contribution in [3.8, 4) is 5.75 Å². The number of benzene rings is 1. The van der Waals surface area contributed by atoms with Gasteiger partial charge >= 0.3 is 0 Å². The zero-order valence-electron chi connectivity index (χ0n) is 8.62. The molecule has 0 unspecified atom stereocenters. The lowest BCUT2D eigenvalue weighted by molar-refractivity contribution is -0.149. The fourth-order valence-corrected chi connectivity index (χ4v) is 1.29. The maximum absolute atomic E-state index is 11.9. The number of hydrogen-bond donors (Lipinski definition) is 0. The summed E-state index contributed by atoms with van der Waals surface area (Å²) in [7, 11) is 0. The molecule has 0 aromatic heterocycles. The second kappa shape index (κ2) is 6.87. The number of hydrogen-bond acceptors (Lipinski definition) is 2. The standard InChI is InChI=1S/C12H15FO2/c1-2-14-15-12-9-4-3-7-11(12)8-5-6-10-13/h2-4,7,9H,1,5-6,8,10H2. The molecular weight excluding hydrogens is 195 g/mol. The highest BCUT2D eigenvalue weighted by molar-refractivity contribution is 5.32. The van der Waals surface area contributed by atoms with Gasteiger partial charge in [-0.05, 0) is 30.9 Å². The molecule has 2 nitrogen and oxygen atoms in total. The molecule has 0 saturated carbocycles. The Bertz CT molecular complexity index is 299. The van der Waals surface area contributed by atoms with E-state index >= 15 is 0 Å². The van der Waals surface area contributed by atoms with E-state index in [4.69, 9.17) is 4.89 Å². The Morgan fingerprint density at radius 1 is 1.27 bits per heavy atom. The van der Waals surface area contributed by atoms with Crippen LogP contribution >= 0.6 is 0 Å². The van der Waals surface area contributed by atoms with Gasteiger partial charge in [-0.1, -0.05) is 24.8 Å². The summed E-state index contributed by atoms with van der Waals surface area (Å²) in [5.74, 6) is 0.663. The van der Waals surface area contributed by atoms with E-state index in [1.807, 2.05) is 24.3 Å². The van der Waals surface area contributed by atoms with Gasteiger partial charge < -0.3 is 0 Å². The van der Waals surface area contributed by atoms with E-state index in [9.17, 15) is 4.39 Å². The predicted octanol–water partition coefficient (Wildman–Crippen LogP) is 3.43. The molecule has 0 aliphatic rings. The van der Waals surface area contributed by atoms with Crippen molar-refractivity contribution in [3.05, 3.63) is 42.7 Å². The van der Waals surface area contributed by atoms with Gasteiger partial charge in [-0.2, -0.15) is 0 Å². The topological polar surface area (TPSA) is 18.5 Å². The van der Waals surface area contributed by atoms with Gasteiger partial charge in [0.15, 0.2) is 5.75 Å². The smallest absolute Gasteiger partial charge is 0.181 e. The molecule has 0 radical (unpaired) electrons. The van der Waals surface area contributed by atoms with Crippen molar-refractivity contribution in [2.75, 3.05) is 6.67 Å². The van der Waals surface area contributed by atoms with Crippen LogP contribution < -0.4 is 4.89 Å². The van der Waals surface area contributed by atoms with Crippen LogP contribution in [0.4, 0.5) is 4.39 Å². The van der Waals surface area contributed by atoms with Crippen molar-refractivity contribution < 1.29 is 14.2 Å². The van der Waals surface area contributed by atoms with Crippen molar-refractivity contribution in [2.24, 2.45) is 0 Å². The Morgan fingerprint density at radius 2 is 2.07 bits per heavy atom. The first-order valence-corrected chi connectivity index (χ1v) is 4.96. The van der Waals surface area contributed by atoms with E-state index in [1.165, 1.54) is 6.26 Å². The van der Waals surface area contributed by atoms with Crippen LogP contribution in [0.3, 0.4) is 0 Å². The molecule has 0 spiro atoms. The Kier molecular flexibility index (Phi) is 5.30. The lowest BCUT2D eigenvalue weighted by Gasteiger charge is -2.07. The normalized spacial score (nSPS) is 9.67. The van der Waals surface area contributed by atoms with Crippen molar-refractivity contribution in [2.45, 2.75) is 19.3 Å². The summed E-state index contributed by atoms with van der Waals surface area (Å²) >= 11 is 0. The third-order valence-corrected chi connectivity index (χ3v) is 2.01. The highest BCUT2D eigenvalue weighted by atomic mass is 19.1. The third kappa shape index (κ3) is 4.02. The molecule has 0 fully saturated rings. The zero-order valence-corrected chi connectivity index (χ0v) is 8.62. The SMILES string of the molecule is C=COOc1ccccc1CCCCF. The van der Waals surface area contributed by atoms with Gasteiger partial charge in [-0.25, -0.2) is 0 Å².